The third-order valence-corrected chi connectivity index (χ3v) is 3.22. The van der Waals surface area contributed by atoms with Crippen molar-refractivity contribution in [3.8, 4) is 6.07 Å². The Hall–Kier alpha value is -1.53. The summed E-state index contributed by atoms with van der Waals surface area (Å²) in [5.41, 5.74) is 3.03. The largest absolute Gasteiger partial charge is 0.370 e. The van der Waals surface area contributed by atoms with E-state index < -0.39 is 0 Å². The zero-order chi connectivity index (χ0) is 15.0. The third kappa shape index (κ3) is 4.86. The quantitative estimate of drug-likeness (QED) is 0.785. The average molecular weight is 273 g/mol. The van der Waals surface area contributed by atoms with Crippen molar-refractivity contribution in [2.24, 2.45) is 0 Å². The fourth-order valence-corrected chi connectivity index (χ4v) is 2.27. The minimum Gasteiger partial charge on any atom is -0.370 e. The lowest BCUT2D eigenvalue weighted by atomic mass is 10.1. The smallest absolute Gasteiger partial charge is 0.101 e. The molecular formula is C17H27N3. The highest BCUT2D eigenvalue weighted by atomic mass is 15.1. The number of nitriles is 1. The fraction of sp³-hybridized carbons (Fsp3) is 0.588. The number of hydrogen-bond donors (Lipinski definition) is 1. The van der Waals surface area contributed by atoms with Gasteiger partial charge in [0.1, 0.15) is 6.07 Å². The van der Waals surface area contributed by atoms with Gasteiger partial charge in [0.15, 0.2) is 0 Å². The van der Waals surface area contributed by atoms with E-state index in [4.69, 9.17) is 0 Å². The minimum absolute atomic E-state index is 0.455. The molecule has 3 heteroatoms. The second-order valence-corrected chi connectivity index (χ2v) is 5.49. The number of anilines is 1. The molecule has 0 bridgehead atoms. The van der Waals surface area contributed by atoms with Crippen molar-refractivity contribution in [3.63, 3.8) is 0 Å². The van der Waals surface area contributed by atoms with Crippen LogP contribution in [0.25, 0.3) is 0 Å². The van der Waals surface area contributed by atoms with Crippen molar-refractivity contribution < 1.29 is 0 Å². The minimum atomic E-state index is 0.455. The van der Waals surface area contributed by atoms with Gasteiger partial charge in [-0.2, -0.15) is 5.26 Å². The highest BCUT2D eigenvalue weighted by Crippen LogP contribution is 2.22. The Kier molecular flexibility index (Phi) is 7.11. The monoisotopic (exact) mass is 273 g/mol. The zero-order valence-electron chi connectivity index (χ0n) is 13.2. The predicted molar refractivity (Wildman–Crippen MR) is 85.9 cm³/mol. The lowest BCUT2D eigenvalue weighted by Gasteiger charge is -2.25. The third-order valence-electron chi connectivity index (χ3n) is 3.22. The Morgan fingerprint density at radius 3 is 2.35 bits per heavy atom. The first-order valence-electron chi connectivity index (χ1n) is 7.63. The van der Waals surface area contributed by atoms with E-state index in [0.29, 0.717) is 6.04 Å². The van der Waals surface area contributed by atoms with Gasteiger partial charge in [0.2, 0.25) is 0 Å². The summed E-state index contributed by atoms with van der Waals surface area (Å²) >= 11 is 0. The molecule has 0 heterocycles. The molecule has 1 N–H and O–H groups in total. The fourth-order valence-electron chi connectivity index (χ4n) is 2.27. The van der Waals surface area contributed by atoms with Crippen LogP contribution in [0.2, 0.25) is 0 Å². The van der Waals surface area contributed by atoms with Crippen LogP contribution in [0, 0.1) is 11.3 Å². The molecule has 1 rings (SSSR count). The molecule has 20 heavy (non-hydrogen) atoms. The van der Waals surface area contributed by atoms with Crippen LogP contribution in [-0.4, -0.2) is 19.1 Å². The van der Waals surface area contributed by atoms with Gasteiger partial charge in [0.25, 0.3) is 0 Å². The Balaban J connectivity index is 2.94. The maximum Gasteiger partial charge on any atom is 0.101 e. The Labute approximate surface area is 123 Å². The first-order valence-corrected chi connectivity index (χ1v) is 7.63. The maximum absolute atomic E-state index is 9.41. The van der Waals surface area contributed by atoms with Crippen molar-refractivity contribution in [1.29, 1.82) is 5.26 Å². The molecule has 0 aliphatic carbocycles. The van der Waals surface area contributed by atoms with Crippen LogP contribution < -0.4 is 10.2 Å². The lowest BCUT2D eigenvalue weighted by molar-refractivity contribution is 0.589. The summed E-state index contributed by atoms with van der Waals surface area (Å²) in [6.07, 6.45) is 2.20. The van der Waals surface area contributed by atoms with E-state index in [-0.39, 0.29) is 0 Å². The van der Waals surface area contributed by atoms with Gasteiger partial charge in [-0.3, -0.25) is 0 Å². The van der Waals surface area contributed by atoms with Gasteiger partial charge >= 0.3 is 0 Å². The molecule has 0 saturated carbocycles. The van der Waals surface area contributed by atoms with Gasteiger partial charge in [-0.05, 0) is 30.5 Å². The summed E-state index contributed by atoms with van der Waals surface area (Å²) in [5.74, 6) is 0. The predicted octanol–water partition coefficient (Wildman–Crippen LogP) is 3.68. The first-order chi connectivity index (χ1) is 9.62. The summed E-state index contributed by atoms with van der Waals surface area (Å²) in [6, 6.07) is 9.05. The summed E-state index contributed by atoms with van der Waals surface area (Å²) in [7, 11) is 0. The van der Waals surface area contributed by atoms with Crippen LogP contribution >= 0.6 is 0 Å². The number of benzene rings is 1. The molecular weight excluding hydrogens is 246 g/mol. The maximum atomic E-state index is 9.41. The van der Waals surface area contributed by atoms with Crippen molar-refractivity contribution >= 4 is 5.69 Å². The molecule has 0 atom stereocenters. The van der Waals surface area contributed by atoms with E-state index >= 15 is 0 Å². The lowest BCUT2D eigenvalue weighted by Crippen LogP contribution is -2.26. The number of nitrogens with one attached hydrogen (secondary N) is 1. The molecule has 0 aliphatic heterocycles. The van der Waals surface area contributed by atoms with Gasteiger partial charge in [0.05, 0.1) is 11.3 Å². The van der Waals surface area contributed by atoms with Gasteiger partial charge in [-0.1, -0.05) is 33.8 Å². The van der Waals surface area contributed by atoms with Crippen molar-refractivity contribution in [3.05, 3.63) is 29.3 Å². The first kappa shape index (κ1) is 16.5. The van der Waals surface area contributed by atoms with Crippen molar-refractivity contribution in [1.82, 2.24) is 5.32 Å². The van der Waals surface area contributed by atoms with Gasteiger partial charge in [-0.15, -0.1) is 0 Å². The Morgan fingerprint density at radius 1 is 1.20 bits per heavy atom. The van der Waals surface area contributed by atoms with E-state index in [1.54, 1.807) is 0 Å². The number of rotatable bonds is 8. The Morgan fingerprint density at radius 2 is 1.85 bits per heavy atom. The standard InChI is InChI=1S/C17H27N3/c1-5-9-20(10-6-2)17-8-7-15(11-16(17)12-18)13-19-14(3)4/h7-8,11,14,19H,5-6,9-10,13H2,1-4H3. The molecule has 0 aromatic heterocycles. The molecule has 110 valence electrons. The van der Waals surface area contributed by atoms with E-state index in [0.717, 1.165) is 43.7 Å². The Bertz CT molecular complexity index is 440. The van der Waals surface area contributed by atoms with E-state index in [1.807, 2.05) is 6.07 Å². The molecule has 1 aromatic rings. The highest BCUT2D eigenvalue weighted by Gasteiger charge is 2.10. The van der Waals surface area contributed by atoms with Crippen molar-refractivity contribution in [2.45, 2.75) is 53.1 Å². The molecule has 3 nitrogen and oxygen atoms in total. The molecule has 0 spiro atoms. The van der Waals surface area contributed by atoms with Crippen LogP contribution in [0.3, 0.4) is 0 Å². The number of nitrogens with zero attached hydrogens (tertiary/aromatic N) is 2. The summed E-state index contributed by atoms with van der Waals surface area (Å²) in [5, 5.41) is 12.8. The molecule has 0 aliphatic rings. The molecule has 0 saturated heterocycles. The zero-order valence-corrected chi connectivity index (χ0v) is 13.2. The molecule has 0 unspecified atom stereocenters. The normalized spacial score (nSPS) is 10.6. The van der Waals surface area contributed by atoms with Gasteiger partial charge in [-0.25, -0.2) is 0 Å². The SMILES string of the molecule is CCCN(CCC)c1ccc(CNC(C)C)cc1C#N. The summed E-state index contributed by atoms with van der Waals surface area (Å²) < 4.78 is 0. The summed E-state index contributed by atoms with van der Waals surface area (Å²) in [6.45, 7) is 11.4. The molecule has 0 fully saturated rings. The molecule has 0 amide bonds. The van der Waals surface area contributed by atoms with Crippen LogP contribution in [0.1, 0.15) is 51.7 Å². The average Bonchev–Trinajstić information content (AvgIpc) is 2.44. The second-order valence-electron chi connectivity index (χ2n) is 5.49. The molecule has 1 aromatic carbocycles. The van der Waals surface area contributed by atoms with E-state index in [2.05, 4.69) is 56.1 Å². The summed E-state index contributed by atoms with van der Waals surface area (Å²) in [4.78, 5) is 2.32. The van der Waals surface area contributed by atoms with Crippen LogP contribution in [0.5, 0.6) is 0 Å². The van der Waals surface area contributed by atoms with E-state index in [9.17, 15) is 5.26 Å². The second kappa shape index (κ2) is 8.60. The topological polar surface area (TPSA) is 39.1 Å². The number of hydrogen-bond acceptors (Lipinski definition) is 3. The van der Waals surface area contributed by atoms with Crippen molar-refractivity contribution in [2.75, 3.05) is 18.0 Å². The van der Waals surface area contributed by atoms with E-state index in [1.165, 1.54) is 5.56 Å². The van der Waals surface area contributed by atoms with Crippen LogP contribution in [0.15, 0.2) is 18.2 Å². The van der Waals surface area contributed by atoms with Gasteiger partial charge in [0, 0.05) is 25.7 Å². The van der Waals surface area contributed by atoms with Crippen LogP contribution in [0.4, 0.5) is 5.69 Å². The van der Waals surface area contributed by atoms with Gasteiger partial charge < -0.3 is 10.2 Å². The van der Waals surface area contributed by atoms with Crippen LogP contribution in [-0.2, 0) is 6.54 Å². The highest BCUT2D eigenvalue weighted by molar-refractivity contribution is 5.60. The molecule has 0 radical (unpaired) electrons.